The standard InChI is InChI=1S/C11H16N4O5S/c1-2-13-11(16)5-6-14-21(19,20)10-4-3-8(15(17)18)7-9(10)12/h3-4,7,14H,2,5-6,12H2,1H3,(H,13,16). The fourth-order valence-corrected chi connectivity index (χ4v) is 2.70. The van der Waals surface area contributed by atoms with E-state index in [1.807, 2.05) is 0 Å². The highest BCUT2D eigenvalue weighted by atomic mass is 32.2. The first-order valence-corrected chi connectivity index (χ1v) is 7.56. The maximum atomic E-state index is 12.0. The van der Waals surface area contributed by atoms with Gasteiger partial charge in [0.15, 0.2) is 0 Å². The molecule has 116 valence electrons. The predicted octanol–water partition coefficient (Wildman–Crippen LogP) is -0.0185. The lowest BCUT2D eigenvalue weighted by Crippen LogP contribution is -2.31. The Bertz CT molecular complexity index is 644. The average molecular weight is 316 g/mol. The van der Waals surface area contributed by atoms with Gasteiger partial charge in [-0.15, -0.1) is 0 Å². The molecular weight excluding hydrogens is 300 g/mol. The number of nitrogen functional groups attached to an aromatic ring is 1. The molecule has 9 nitrogen and oxygen atoms in total. The Hall–Kier alpha value is -2.20. The van der Waals surface area contributed by atoms with E-state index in [4.69, 9.17) is 5.73 Å². The first-order chi connectivity index (χ1) is 9.77. The topological polar surface area (TPSA) is 144 Å². The zero-order valence-electron chi connectivity index (χ0n) is 11.3. The van der Waals surface area contributed by atoms with Crippen molar-refractivity contribution in [1.29, 1.82) is 0 Å². The van der Waals surface area contributed by atoms with Crippen LogP contribution in [-0.2, 0) is 14.8 Å². The van der Waals surface area contributed by atoms with Gasteiger partial charge in [-0.05, 0) is 13.0 Å². The molecule has 0 fully saturated rings. The fourth-order valence-electron chi connectivity index (χ4n) is 1.56. The molecule has 0 saturated heterocycles. The lowest BCUT2D eigenvalue weighted by molar-refractivity contribution is -0.384. The summed E-state index contributed by atoms with van der Waals surface area (Å²) in [5.74, 6) is -0.281. The molecule has 0 unspecified atom stereocenters. The summed E-state index contributed by atoms with van der Waals surface area (Å²) < 4.78 is 26.2. The number of carbonyl (C=O) groups is 1. The predicted molar refractivity (Wildman–Crippen MR) is 76.0 cm³/mol. The fraction of sp³-hybridized carbons (Fsp3) is 0.364. The number of nitrogens with one attached hydrogen (secondary N) is 2. The number of hydrogen-bond acceptors (Lipinski definition) is 6. The monoisotopic (exact) mass is 316 g/mol. The summed E-state index contributed by atoms with van der Waals surface area (Å²) in [6.45, 7) is 2.12. The summed E-state index contributed by atoms with van der Waals surface area (Å²) >= 11 is 0. The summed E-state index contributed by atoms with van der Waals surface area (Å²) in [4.78, 5) is 20.8. The Balaban J connectivity index is 2.79. The van der Waals surface area contributed by atoms with Gasteiger partial charge in [-0.1, -0.05) is 0 Å². The molecule has 21 heavy (non-hydrogen) atoms. The largest absolute Gasteiger partial charge is 0.397 e. The van der Waals surface area contributed by atoms with Gasteiger partial charge in [-0.3, -0.25) is 14.9 Å². The molecule has 1 aromatic carbocycles. The van der Waals surface area contributed by atoms with Crippen molar-refractivity contribution >= 4 is 27.3 Å². The van der Waals surface area contributed by atoms with Gasteiger partial charge in [0.05, 0.1) is 10.6 Å². The zero-order chi connectivity index (χ0) is 16.0. The Labute approximate surface area is 121 Å². The van der Waals surface area contributed by atoms with Crippen molar-refractivity contribution in [1.82, 2.24) is 10.0 Å². The highest BCUT2D eigenvalue weighted by Crippen LogP contribution is 2.23. The van der Waals surface area contributed by atoms with Crippen molar-refractivity contribution in [3.8, 4) is 0 Å². The minimum Gasteiger partial charge on any atom is -0.397 e. The Morgan fingerprint density at radius 1 is 1.43 bits per heavy atom. The van der Waals surface area contributed by atoms with Crippen LogP contribution in [0.3, 0.4) is 0 Å². The molecule has 4 N–H and O–H groups in total. The van der Waals surface area contributed by atoms with Crippen molar-refractivity contribution in [3.05, 3.63) is 28.3 Å². The van der Waals surface area contributed by atoms with Crippen LogP contribution in [0.15, 0.2) is 23.1 Å². The number of carbonyl (C=O) groups excluding carboxylic acids is 1. The van der Waals surface area contributed by atoms with Crippen LogP contribution in [-0.4, -0.2) is 32.3 Å². The number of non-ortho nitro benzene ring substituents is 1. The lowest BCUT2D eigenvalue weighted by Gasteiger charge is -2.09. The number of benzene rings is 1. The number of hydrogen-bond donors (Lipinski definition) is 3. The molecule has 0 aliphatic rings. The molecule has 1 aromatic rings. The summed E-state index contributed by atoms with van der Waals surface area (Å²) in [6, 6.07) is 3.08. The molecule has 0 aliphatic heterocycles. The van der Waals surface area contributed by atoms with Gasteiger partial charge in [0, 0.05) is 31.6 Å². The first kappa shape index (κ1) is 16.9. The highest BCUT2D eigenvalue weighted by molar-refractivity contribution is 7.89. The molecule has 0 heterocycles. The molecule has 0 saturated carbocycles. The summed E-state index contributed by atoms with van der Waals surface area (Å²) in [5, 5.41) is 13.1. The molecule has 10 heteroatoms. The Morgan fingerprint density at radius 2 is 2.10 bits per heavy atom. The van der Waals surface area contributed by atoms with Crippen LogP contribution in [0, 0.1) is 10.1 Å². The smallest absolute Gasteiger partial charge is 0.271 e. The second-order valence-electron chi connectivity index (χ2n) is 4.08. The molecule has 1 rings (SSSR count). The van der Waals surface area contributed by atoms with E-state index in [9.17, 15) is 23.3 Å². The van der Waals surface area contributed by atoms with Gasteiger partial charge in [0.1, 0.15) is 4.90 Å². The van der Waals surface area contributed by atoms with Gasteiger partial charge < -0.3 is 11.1 Å². The second-order valence-corrected chi connectivity index (χ2v) is 5.82. The van der Waals surface area contributed by atoms with Crippen LogP contribution in [0.2, 0.25) is 0 Å². The van der Waals surface area contributed by atoms with Crippen LogP contribution in [0.5, 0.6) is 0 Å². The molecule has 0 spiro atoms. The molecule has 0 aromatic heterocycles. The number of nitrogens with two attached hydrogens (primary N) is 1. The quantitative estimate of drug-likeness (QED) is 0.366. The van der Waals surface area contributed by atoms with Crippen molar-refractivity contribution in [2.45, 2.75) is 18.2 Å². The van der Waals surface area contributed by atoms with E-state index in [2.05, 4.69) is 10.0 Å². The summed E-state index contributed by atoms with van der Waals surface area (Å²) in [7, 11) is -3.92. The molecule has 0 aliphatic carbocycles. The van der Waals surface area contributed by atoms with Gasteiger partial charge in [-0.25, -0.2) is 13.1 Å². The number of amides is 1. The molecular formula is C11H16N4O5S. The SMILES string of the molecule is CCNC(=O)CCNS(=O)(=O)c1ccc([N+](=O)[O-])cc1N. The van der Waals surface area contributed by atoms with Gasteiger partial charge in [0.2, 0.25) is 15.9 Å². The normalized spacial score (nSPS) is 11.1. The molecule has 0 atom stereocenters. The summed E-state index contributed by atoms with van der Waals surface area (Å²) in [5.41, 5.74) is 5.00. The maximum absolute atomic E-state index is 12.0. The number of nitro groups is 1. The summed E-state index contributed by atoms with van der Waals surface area (Å²) in [6.07, 6.45) is -0.0139. The van der Waals surface area contributed by atoms with Crippen LogP contribution in [0.4, 0.5) is 11.4 Å². The average Bonchev–Trinajstić information content (AvgIpc) is 2.38. The van der Waals surface area contributed by atoms with Crippen LogP contribution in [0.1, 0.15) is 13.3 Å². The molecule has 0 radical (unpaired) electrons. The third-order valence-corrected chi connectivity index (χ3v) is 4.05. The molecule has 1 amide bonds. The van der Waals surface area contributed by atoms with E-state index >= 15 is 0 Å². The number of rotatable bonds is 7. The number of nitro benzene ring substituents is 1. The van der Waals surface area contributed by atoms with E-state index in [0.29, 0.717) is 6.54 Å². The number of anilines is 1. The molecule has 0 bridgehead atoms. The Morgan fingerprint density at radius 3 is 2.62 bits per heavy atom. The van der Waals surface area contributed by atoms with Gasteiger partial charge >= 0.3 is 0 Å². The van der Waals surface area contributed by atoms with E-state index in [1.165, 1.54) is 0 Å². The van der Waals surface area contributed by atoms with E-state index in [0.717, 1.165) is 18.2 Å². The Kier molecular flexibility index (Phi) is 5.61. The maximum Gasteiger partial charge on any atom is 0.271 e. The van der Waals surface area contributed by atoms with Gasteiger partial charge in [0.25, 0.3) is 5.69 Å². The van der Waals surface area contributed by atoms with Gasteiger partial charge in [-0.2, -0.15) is 0 Å². The first-order valence-electron chi connectivity index (χ1n) is 6.08. The zero-order valence-corrected chi connectivity index (χ0v) is 12.1. The van der Waals surface area contributed by atoms with Crippen LogP contribution < -0.4 is 15.8 Å². The van der Waals surface area contributed by atoms with E-state index in [1.54, 1.807) is 6.92 Å². The van der Waals surface area contributed by atoms with Crippen molar-refractivity contribution in [2.24, 2.45) is 0 Å². The van der Waals surface area contributed by atoms with Crippen LogP contribution >= 0.6 is 0 Å². The second kappa shape index (κ2) is 6.99. The number of nitrogens with zero attached hydrogens (tertiary/aromatic N) is 1. The van der Waals surface area contributed by atoms with Crippen molar-refractivity contribution in [2.75, 3.05) is 18.8 Å². The minimum atomic E-state index is -3.92. The van der Waals surface area contributed by atoms with E-state index in [-0.39, 0.29) is 35.1 Å². The van der Waals surface area contributed by atoms with Crippen molar-refractivity contribution < 1.29 is 18.1 Å². The van der Waals surface area contributed by atoms with Crippen LogP contribution in [0.25, 0.3) is 0 Å². The minimum absolute atomic E-state index is 0.0139. The van der Waals surface area contributed by atoms with E-state index < -0.39 is 14.9 Å². The lowest BCUT2D eigenvalue weighted by atomic mass is 10.3. The number of sulfonamides is 1. The third-order valence-electron chi connectivity index (χ3n) is 2.51. The highest BCUT2D eigenvalue weighted by Gasteiger charge is 2.19. The third kappa shape index (κ3) is 4.68. The van der Waals surface area contributed by atoms with Crippen molar-refractivity contribution in [3.63, 3.8) is 0 Å².